The Bertz CT molecular complexity index is 650. The number of carbonyl (C=O) groups excluding carboxylic acids is 1. The Kier molecular flexibility index (Phi) is 5.44. The topological polar surface area (TPSA) is 42.0 Å². The molecule has 2 atom stereocenters. The first-order valence-corrected chi connectivity index (χ1v) is 9.36. The zero-order valence-electron chi connectivity index (χ0n) is 15.4. The molecule has 2 heterocycles. The van der Waals surface area contributed by atoms with Gasteiger partial charge in [-0.15, -0.1) is 0 Å². The van der Waals surface area contributed by atoms with Crippen molar-refractivity contribution < 1.29 is 14.3 Å². The molecule has 0 N–H and O–H groups in total. The van der Waals surface area contributed by atoms with Gasteiger partial charge in [0.15, 0.2) is 11.5 Å². The minimum Gasteiger partial charge on any atom is -0.493 e. The second-order valence-electron chi connectivity index (χ2n) is 7.19. The minimum atomic E-state index is -0.122. The van der Waals surface area contributed by atoms with Crippen LogP contribution in [0.3, 0.4) is 0 Å². The van der Waals surface area contributed by atoms with E-state index in [0.29, 0.717) is 29.1 Å². The number of hydrogen-bond donors (Lipinski definition) is 0. The van der Waals surface area contributed by atoms with Crippen molar-refractivity contribution in [2.75, 3.05) is 20.2 Å². The molecule has 0 aromatic heterocycles. The zero-order valence-corrected chi connectivity index (χ0v) is 16.2. The second-order valence-corrected chi connectivity index (χ2v) is 7.60. The highest BCUT2D eigenvalue weighted by Crippen LogP contribution is 2.35. The summed E-state index contributed by atoms with van der Waals surface area (Å²) in [7, 11) is 1.63. The van der Waals surface area contributed by atoms with Crippen molar-refractivity contribution in [1.82, 2.24) is 9.80 Å². The van der Waals surface area contributed by atoms with Crippen LogP contribution >= 0.6 is 11.6 Å². The molecule has 1 amide bonds. The van der Waals surface area contributed by atoms with Crippen LogP contribution in [0, 0.1) is 0 Å². The van der Waals surface area contributed by atoms with Crippen LogP contribution in [0.25, 0.3) is 0 Å². The van der Waals surface area contributed by atoms with Gasteiger partial charge >= 0.3 is 0 Å². The highest BCUT2D eigenvalue weighted by molar-refractivity contribution is 6.31. The number of halogens is 1. The first kappa shape index (κ1) is 18.3. The second kappa shape index (κ2) is 7.42. The van der Waals surface area contributed by atoms with E-state index in [-0.39, 0.29) is 18.1 Å². The highest BCUT2D eigenvalue weighted by atomic mass is 35.5. The summed E-state index contributed by atoms with van der Waals surface area (Å²) in [5, 5.41) is 0.643. The van der Waals surface area contributed by atoms with Gasteiger partial charge in [-0.2, -0.15) is 0 Å². The first-order chi connectivity index (χ1) is 11.9. The number of amides is 1. The van der Waals surface area contributed by atoms with Crippen LogP contribution in [-0.4, -0.2) is 54.1 Å². The van der Waals surface area contributed by atoms with E-state index >= 15 is 0 Å². The summed E-state index contributed by atoms with van der Waals surface area (Å²) >= 11 is 6.50. The van der Waals surface area contributed by atoms with Gasteiger partial charge < -0.3 is 14.4 Å². The average molecular weight is 367 g/mol. The Morgan fingerprint density at radius 3 is 2.76 bits per heavy atom. The van der Waals surface area contributed by atoms with Crippen molar-refractivity contribution in [3.05, 3.63) is 22.7 Å². The number of carbonyl (C=O) groups is 1. The number of nitrogens with zero attached hydrogens (tertiary/aromatic N) is 2. The van der Waals surface area contributed by atoms with Crippen molar-refractivity contribution in [2.24, 2.45) is 0 Å². The third kappa shape index (κ3) is 3.72. The molecule has 3 rings (SSSR count). The number of fused-ring (bicyclic) bond motifs is 1. The normalized spacial score (nSPS) is 23.9. The molecular weight excluding hydrogens is 340 g/mol. The van der Waals surface area contributed by atoms with E-state index in [1.807, 2.05) is 37.8 Å². The number of ether oxygens (including phenoxy) is 2. The molecular formula is C19H27ClN2O3. The Balaban J connectivity index is 1.81. The average Bonchev–Trinajstić information content (AvgIpc) is 3.02. The maximum Gasteiger partial charge on any atom is 0.239 e. The van der Waals surface area contributed by atoms with E-state index in [1.165, 1.54) is 0 Å². The number of rotatable bonds is 5. The molecule has 2 aliphatic heterocycles. The molecule has 6 heteroatoms. The molecule has 2 saturated heterocycles. The van der Waals surface area contributed by atoms with E-state index in [0.717, 1.165) is 31.5 Å². The van der Waals surface area contributed by atoms with Gasteiger partial charge in [-0.25, -0.2) is 0 Å². The van der Waals surface area contributed by atoms with Crippen molar-refractivity contribution >= 4 is 17.5 Å². The van der Waals surface area contributed by atoms with E-state index in [9.17, 15) is 4.79 Å². The summed E-state index contributed by atoms with van der Waals surface area (Å²) in [4.78, 5) is 16.9. The predicted octanol–water partition coefficient (Wildman–Crippen LogP) is 3.33. The van der Waals surface area contributed by atoms with Gasteiger partial charge in [0.25, 0.3) is 0 Å². The van der Waals surface area contributed by atoms with Crippen LogP contribution in [0.5, 0.6) is 11.5 Å². The maximum atomic E-state index is 12.6. The lowest BCUT2D eigenvalue weighted by atomic mass is 10.1. The van der Waals surface area contributed by atoms with Gasteiger partial charge in [-0.05, 0) is 45.2 Å². The monoisotopic (exact) mass is 366 g/mol. The molecule has 0 saturated carbocycles. The SMILES string of the molecule is COc1cc(CN2C[C@H]3CCCN3C(=O)[C@@H]2C)c(Cl)cc1OC(C)C. The zero-order chi connectivity index (χ0) is 18.1. The minimum absolute atomic E-state index is 0.0453. The fourth-order valence-corrected chi connectivity index (χ4v) is 3.98. The van der Waals surface area contributed by atoms with Crippen LogP contribution in [0.2, 0.25) is 5.02 Å². The molecule has 5 nitrogen and oxygen atoms in total. The smallest absolute Gasteiger partial charge is 0.239 e. The molecule has 0 aliphatic carbocycles. The summed E-state index contributed by atoms with van der Waals surface area (Å²) < 4.78 is 11.2. The number of benzene rings is 1. The largest absolute Gasteiger partial charge is 0.493 e. The molecule has 138 valence electrons. The fraction of sp³-hybridized carbons (Fsp3) is 0.632. The van der Waals surface area contributed by atoms with Crippen LogP contribution in [0.15, 0.2) is 12.1 Å². The first-order valence-electron chi connectivity index (χ1n) is 8.98. The van der Waals surface area contributed by atoms with Gasteiger partial charge in [0, 0.05) is 36.8 Å². The third-order valence-corrected chi connectivity index (χ3v) is 5.43. The number of hydrogen-bond acceptors (Lipinski definition) is 4. The van der Waals surface area contributed by atoms with Gasteiger partial charge in [-0.3, -0.25) is 9.69 Å². The van der Waals surface area contributed by atoms with Crippen molar-refractivity contribution in [3.8, 4) is 11.5 Å². The van der Waals surface area contributed by atoms with Crippen LogP contribution in [-0.2, 0) is 11.3 Å². The van der Waals surface area contributed by atoms with Crippen LogP contribution in [0.1, 0.15) is 39.2 Å². The Morgan fingerprint density at radius 2 is 2.08 bits per heavy atom. The highest BCUT2D eigenvalue weighted by Gasteiger charge is 2.40. The molecule has 2 aliphatic rings. The predicted molar refractivity (Wildman–Crippen MR) is 98.4 cm³/mol. The Labute approximate surface area is 154 Å². The van der Waals surface area contributed by atoms with Crippen molar-refractivity contribution in [1.29, 1.82) is 0 Å². The van der Waals surface area contributed by atoms with Crippen molar-refractivity contribution in [2.45, 2.75) is 58.3 Å². The molecule has 0 bridgehead atoms. The molecule has 0 radical (unpaired) electrons. The molecule has 2 fully saturated rings. The van der Waals surface area contributed by atoms with Crippen molar-refractivity contribution in [3.63, 3.8) is 0 Å². The Hall–Kier alpha value is -1.46. The van der Waals surface area contributed by atoms with Gasteiger partial charge in [0.1, 0.15) is 0 Å². The van der Waals surface area contributed by atoms with E-state index in [4.69, 9.17) is 21.1 Å². The number of piperazine rings is 1. The lowest BCUT2D eigenvalue weighted by Crippen LogP contribution is -2.58. The van der Waals surface area contributed by atoms with Gasteiger partial charge in [-0.1, -0.05) is 11.6 Å². The molecule has 1 aromatic rings. The van der Waals surface area contributed by atoms with Gasteiger partial charge in [0.2, 0.25) is 5.91 Å². The summed E-state index contributed by atoms with van der Waals surface area (Å²) in [6.07, 6.45) is 2.24. The molecule has 1 aromatic carbocycles. The Morgan fingerprint density at radius 1 is 1.32 bits per heavy atom. The lowest BCUT2D eigenvalue weighted by molar-refractivity contribution is -0.143. The fourth-order valence-electron chi connectivity index (χ4n) is 3.76. The summed E-state index contributed by atoms with van der Waals surface area (Å²) in [5.41, 5.74) is 0.959. The van der Waals surface area contributed by atoms with E-state index in [2.05, 4.69) is 4.90 Å². The summed E-state index contributed by atoms with van der Waals surface area (Å²) in [5.74, 6) is 1.55. The number of methoxy groups -OCH3 is 1. The lowest BCUT2D eigenvalue weighted by Gasteiger charge is -2.41. The summed E-state index contributed by atoms with van der Waals surface area (Å²) in [6.45, 7) is 8.35. The molecule has 25 heavy (non-hydrogen) atoms. The molecule has 0 spiro atoms. The summed E-state index contributed by atoms with van der Waals surface area (Å²) in [6, 6.07) is 3.96. The van der Waals surface area contributed by atoms with Gasteiger partial charge in [0.05, 0.1) is 19.3 Å². The standard InChI is InChI=1S/C19H27ClN2O3/c1-12(2)25-18-9-16(20)14(8-17(18)24-4)10-21-11-15-6-5-7-22(15)19(23)13(21)3/h8-9,12-13,15H,5-7,10-11H2,1-4H3/t13-,15+/m0/s1. The van der Waals surface area contributed by atoms with E-state index < -0.39 is 0 Å². The van der Waals surface area contributed by atoms with Crippen LogP contribution < -0.4 is 9.47 Å². The molecule has 0 unspecified atom stereocenters. The third-order valence-electron chi connectivity index (χ3n) is 5.08. The van der Waals surface area contributed by atoms with Crippen LogP contribution in [0.4, 0.5) is 0 Å². The van der Waals surface area contributed by atoms with E-state index in [1.54, 1.807) is 7.11 Å². The quantitative estimate of drug-likeness (QED) is 0.801. The maximum absolute atomic E-state index is 12.6.